The van der Waals surface area contributed by atoms with Gasteiger partial charge in [0, 0.05) is 5.39 Å². The van der Waals surface area contributed by atoms with Crippen molar-refractivity contribution in [1.82, 2.24) is 4.98 Å². The van der Waals surface area contributed by atoms with E-state index in [0.717, 1.165) is 10.9 Å². The molecule has 0 aliphatic rings. The van der Waals surface area contributed by atoms with Crippen LogP contribution in [0.4, 0.5) is 5.82 Å². The van der Waals surface area contributed by atoms with E-state index in [-0.39, 0.29) is 0 Å². The van der Waals surface area contributed by atoms with E-state index in [2.05, 4.69) is 4.98 Å². The van der Waals surface area contributed by atoms with Crippen LogP contribution in [0.3, 0.4) is 0 Å². The molecule has 1 aromatic heterocycles. The van der Waals surface area contributed by atoms with Crippen LogP contribution in [0.15, 0.2) is 24.3 Å². The molecule has 0 saturated carbocycles. The lowest BCUT2D eigenvalue weighted by Crippen LogP contribution is -1.91. The summed E-state index contributed by atoms with van der Waals surface area (Å²) >= 11 is 5.85. The van der Waals surface area contributed by atoms with E-state index in [0.29, 0.717) is 10.8 Å². The first-order chi connectivity index (χ1) is 6.16. The van der Waals surface area contributed by atoms with Crippen molar-refractivity contribution in [3.05, 3.63) is 34.9 Å². The highest BCUT2D eigenvalue weighted by atomic mass is 35.5. The number of hydrogen-bond acceptors (Lipinski definition) is 2. The number of halogens is 1. The molecule has 0 saturated heterocycles. The third kappa shape index (κ3) is 1.45. The van der Waals surface area contributed by atoms with Gasteiger partial charge in [0.2, 0.25) is 0 Å². The average Bonchev–Trinajstić information content (AvgIpc) is 2.08. The van der Waals surface area contributed by atoms with Crippen molar-refractivity contribution >= 4 is 28.3 Å². The lowest BCUT2D eigenvalue weighted by atomic mass is 10.1. The highest BCUT2D eigenvalue weighted by Crippen LogP contribution is 2.22. The van der Waals surface area contributed by atoms with Gasteiger partial charge >= 0.3 is 0 Å². The first-order valence-corrected chi connectivity index (χ1v) is 4.37. The zero-order chi connectivity index (χ0) is 9.42. The number of fused-ring (bicyclic) bond motifs is 1. The molecule has 0 aliphatic carbocycles. The van der Waals surface area contributed by atoms with Crippen molar-refractivity contribution in [2.24, 2.45) is 0 Å². The van der Waals surface area contributed by atoms with Gasteiger partial charge in [0.25, 0.3) is 0 Å². The second-order valence-corrected chi connectivity index (χ2v) is 3.46. The quantitative estimate of drug-likeness (QED) is 0.697. The Morgan fingerprint density at radius 2 is 2.08 bits per heavy atom. The van der Waals surface area contributed by atoms with Crippen molar-refractivity contribution in [3.63, 3.8) is 0 Å². The smallest absolute Gasteiger partial charge is 0.142 e. The van der Waals surface area contributed by atoms with Crippen molar-refractivity contribution in [2.75, 3.05) is 5.73 Å². The number of aryl methyl sites for hydroxylation is 1. The number of rotatable bonds is 0. The molecule has 0 amide bonds. The Kier molecular flexibility index (Phi) is 1.85. The van der Waals surface area contributed by atoms with Gasteiger partial charge in [-0.1, -0.05) is 23.2 Å². The molecule has 2 N–H and O–H groups in total. The highest BCUT2D eigenvalue weighted by molar-refractivity contribution is 6.33. The minimum absolute atomic E-state index is 0.387. The van der Waals surface area contributed by atoms with Crippen LogP contribution in [0.2, 0.25) is 5.02 Å². The summed E-state index contributed by atoms with van der Waals surface area (Å²) in [5, 5.41) is 1.54. The lowest BCUT2D eigenvalue weighted by Gasteiger charge is -2.01. The zero-order valence-electron chi connectivity index (χ0n) is 7.21. The predicted molar refractivity (Wildman–Crippen MR) is 55.9 cm³/mol. The molecule has 0 spiro atoms. The molecular formula is C10H9ClN2. The number of anilines is 1. The second kappa shape index (κ2) is 2.89. The number of nitrogens with zero attached hydrogens (tertiary/aromatic N) is 1. The Hall–Kier alpha value is -1.28. The maximum Gasteiger partial charge on any atom is 0.142 e. The summed E-state index contributed by atoms with van der Waals surface area (Å²) in [6, 6.07) is 7.82. The maximum absolute atomic E-state index is 5.85. The fourth-order valence-corrected chi connectivity index (χ4v) is 1.44. The van der Waals surface area contributed by atoms with Gasteiger partial charge in [-0.2, -0.15) is 0 Å². The normalized spacial score (nSPS) is 10.6. The third-order valence-corrected chi connectivity index (χ3v) is 2.25. The maximum atomic E-state index is 5.85. The van der Waals surface area contributed by atoms with E-state index in [1.807, 2.05) is 31.2 Å². The Morgan fingerprint density at radius 3 is 2.85 bits per heavy atom. The summed E-state index contributed by atoms with van der Waals surface area (Å²) in [7, 11) is 0. The van der Waals surface area contributed by atoms with Crippen LogP contribution in [0.25, 0.3) is 10.9 Å². The molecule has 0 unspecified atom stereocenters. The monoisotopic (exact) mass is 192 g/mol. The Bertz CT molecular complexity index is 466. The molecule has 0 fully saturated rings. The van der Waals surface area contributed by atoms with E-state index in [9.17, 15) is 0 Å². The van der Waals surface area contributed by atoms with Crippen LogP contribution in [0.5, 0.6) is 0 Å². The first-order valence-electron chi connectivity index (χ1n) is 3.99. The van der Waals surface area contributed by atoms with E-state index >= 15 is 0 Å². The van der Waals surface area contributed by atoms with Gasteiger partial charge in [-0.15, -0.1) is 0 Å². The fraction of sp³-hybridized carbons (Fsp3) is 0.100. The molecule has 1 aromatic carbocycles. The highest BCUT2D eigenvalue weighted by Gasteiger charge is 2.00. The number of nitrogen functional groups attached to an aromatic ring is 1. The minimum Gasteiger partial charge on any atom is -0.382 e. The fourth-order valence-electron chi connectivity index (χ4n) is 1.29. The number of pyridine rings is 1. The standard InChI is InChI=1S/C10H9ClN2/c1-6-2-3-9-7(4-6)5-8(11)10(12)13-9/h2-5H,1H3,(H2,12,13). The van der Waals surface area contributed by atoms with Crippen LogP contribution in [0, 0.1) is 6.92 Å². The predicted octanol–water partition coefficient (Wildman–Crippen LogP) is 2.78. The number of aromatic nitrogens is 1. The molecule has 3 heteroatoms. The van der Waals surface area contributed by atoms with Crippen LogP contribution < -0.4 is 5.73 Å². The van der Waals surface area contributed by atoms with Crippen LogP contribution >= 0.6 is 11.6 Å². The summed E-state index contributed by atoms with van der Waals surface area (Å²) in [6.07, 6.45) is 0. The van der Waals surface area contributed by atoms with E-state index in [4.69, 9.17) is 17.3 Å². The van der Waals surface area contributed by atoms with Crippen LogP contribution in [-0.4, -0.2) is 4.98 Å². The molecule has 0 radical (unpaired) electrons. The minimum atomic E-state index is 0.387. The molecule has 2 aromatic rings. The Morgan fingerprint density at radius 1 is 1.31 bits per heavy atom. The second-order valence-electron chi connectivity index (χ2n) is 3.05. The molecule has 0 bridgehead atoms. The number of nitrogens with two attached hydrogens (primary N) is 1. The van der Waals surface area contributed by atoms with Crippen molar-refractivity contribution in [2.45, 2.75) is 6.92 Å². The molecule has 0 aliphatic heterocycles. The third-order valence-electron chi connectivity index (χ3n) is 1.95. The van der Waals surface area contributed by atoms with Gasteiger partial charge in [-0.05, 0) is 25.1 Å². The number of benzene rings is 1. The first kappa shape index (κ1) is 8.32. The van der Waals surface area contributed by atoms with E-state index in [1.54, 1.807) is 0 Å². The SMILES string of the molecule is Cc1ccc2nc(N)c(Cl)cc2c1. The summed E-state index contributed by atoms with van der Waals surface area (Å²) < 4.78 is 0. The van der Waals surface area contributed by atoms with Gasteiger partial charge in [-0.3, -0.25) is 0 Å². The topological polar surface area (TPSA) is 38.9 Å². The zero-order valence-corrected chi connectivity index (χ0v) is 7.97. The molecule has 13 heavy (non-hydrogen) atoms. The van der Waals surface area contributed by atoms with Crippen molar-refractivity contribution in [1.29, 1.82) is 0 Å². The molecule has 1 heterocycles. The van der Waals surface area contributed by atoms with Crippen LogP contribution in [-0.2, 0) is 0 Å². The molecule has 66 valence electrons. The van der Waals surface area contributed by atoms with Crippen molar-refractivity contribution in [3.8, 4) is 0 Å². The van der Waals surface area contributed by atoms with Gasteiger partial charge in [0.05, 0.1) is 10.5 Å². The molecule has 0 atom stereocenters. The largest absolute Gasteiger partial charge is 0.382 e. The summed E-state index contributed by atoms with van der Waals surface area (Å²) in [6.45, 7) is 2.03. The summed E-state index contributed by atoms with van der Waals surface area (Å²) in [5.41, 5.74) is 7.65. The molecule has 2 nitrogen and oxygen atoms in total. The van der Waals surface area contributed by atoms with E-state index in [1.165, 1.54) is 5.56 Å². The van der Waals surface area contributed by atoms with Crippen molar-refractivity contribution < 1.29 is 0 Å². The van der Waals surface area contributed by atoms with E-state index < -0.39 is 0 Å². The Balaban J connectivity index is 2.81. The summed E-state index contributed by atoms with van der Waals surface area (Å²) in [5.74, 6) is 0.387. The Labute approximate surface area is 81.3 Å². The number of hydrogen-bond donors (Lipinski definition) is 1. The molecular weight excluding hydrogens is 184 g/mol. The molecule has 2 rings (SSSR count). The average molecular weight is 193 g/mol. The lowest BCUT2D eigenvalue weighted by molar-refractivity contribution is 1.40. The van der Waals surface area contributed by atoms with Gasteiger partial charge < -0.3 is 5.73 Å². The van der Waals surface area contributed by atoms with Gasteiger partial charge in [0.1, 0.15) is 5.82 Å². The van der Waals surface area contributed by atoms with Gasteiger partial charge in [-0.25, -0.2) is 4.98 Å². The van der Waals surface area contributed by atoms with Gasteiger partial charge in [0.15, 0.2) is 0 Å². The summed E-state index contributed by atoms with van der Waals surface area (Å²) in [4.78, 5) is 4.16. The van der Waals surface area contributed by atoms with Crippen LogP contribution in [0.1, 0.15) is 5.56 Å².